The number of nitrogens with zero attached hydrogens (tertiary/aromatic N) is 2. The molecule has 2 aromatic carbocycles. The van der Waals surface area contributed by atoms with Crippen LogP contribution < -0.4 is 10.1 Å². The first-order chi connectivity index (χ1) is 14.0. The lowest BCUT2D eigenvalue weighted by molar-refractivity contribution is -0.121. The van der Waals surface area contributed by atoms with Crippen molar-refractivity contribution in [2.75, 3.05) is 31.6 Å². The fourth-order valence-corrected chi connectivity index (χ4v) is 4.06. The van der Waals surface area contributed by atoms with Gasteiger partial charge in [-0.1, -0.05) is 28.1 Å². The lowest BCUT2D eigenvalue weighted by Crippen LogP contribution is -2.59. The Balaban J connectivity index is 1.60. The third-order valence-electron chi connectivity index (χ3n) is 5.12. The van der Waals surface area contributed by atoms with Gasteiger partial charge in [-0.25, -0.2) is 0 Å². The maximum atomic E-state index is 13.1. The van der Waals surface area contributed by atoms with Gasteiger partial charge in [0.2, 0.25) is 5.91 Å². The summed E-state index contributed by atoms with van der Waals surface area (Å²) in [6.45, 7) is 3.07. The van der Waals surface area contributed by atoms with Gasteiger partial charge in [-0.15, -0.1) is 0 Å². The molecule has 0 aliphatic carbocycles. The Morgan fingerprint density at radius 2 is 2.00 bits per heavy atom. The molecule has 3 amide bonds. The van der Waals surface area contributed by atoms with Gasteiger partial charge in [0.15, 0.2) is 0 Å². The van der Waals surface area contributed by atoms with Crippen LogP contribution in [0.4, 0.5) is 5.69 Å². The number of hydrogen-bond donors (Lipinski definition) is 1. The fourth-order valence-electron chi connectivity index (χ4n) is 3.70. The van der Waals surface area contributed by atoms with Crippen molar-refractivity contribution < 1.29 is 19.1 Å². The van der Waals surface area contributed by atoms with Crippen molar-refractivity contribution in [2.24, 2.45) is 0 Å². The molecule has 1 saturated heterocycles. The third-order valence-corrected chi connectivity index (χ3v) is 5.61. The molecule has 0 bridgehead atoms. The molecular formula is C21H20BrN3O4. The lowest BCUT2D eigenvalue weighted by Gasteiger charge is -2.39. The van der Waals surface area contributed by atoms with Crippen LogP contribution in [-0.2, 0) is 4.79 Å². The van der Waals surface area contributed by atoms with Crippen molar-refractivity contribution in [3.05, 3.63) is 58.1 Å². The SMILES string of the molecule is CCOc1ccccc1C(=O)N1CCN2C(=O)c3cc(Br)ccc3NC(=O)C2C1. The second-order valence-corrected chi connectivity index (χ2v) is 7.79. The van der Waals surface area contributed by atoms with E-state index < -0.39 is 6.04 Å². The molecule has 8 heteroatoms. The van der Waals surface area contributed by atoms with E-state index >= 15 is 0 Å². The molecule has 2 aliphatic rings. The minimum absolute atomic E-state index is 0.131. The number of rotatable bonds is 3. The standard InChI is InChI=1S/C21H20BrN3O4/c1-2-29-18-6-4-3-5-14(18)20(27)24-9-10-25-17(12-24)19(26)23-16-8-7-13(22)11-15(16)21(25)28/h3-8,11,17H,2,9-10,12H2,1H3,(H,23,26). The van der Waals surface area contributed by atoms with E-state index in [0.717, 1.165) is 4.47 Å². The number of fused-ring (bicyclic) bond motifs is 2. The molecule has 0 aromatic heterocycles. The Bertz CT molecular complexity index is 994. The average molecular weight is 458 g/mol. The summed E-state index contributed by atoms with van der Waals surface area (Å²) < 4.78 is 6.33. The van der Waals surface area contributed by atoms with Crippen molar-refractivity contribution in [1.29, 1.82) is 0 Å². The summed E-state index contributed by atoms with van der Waals surface area (Å²) in [6, 6.07) is 11.5. The lowest BCUT2D eigenvalue weighted by atomic mass is 10.1. The van der Waals surface area contributed by atoms with Gasteiger partial charge in [0, 0.05) is 17.6 Å². The van der Waals surface area contributed by atoms with Crippen LogP contribution >= 0.6 is 15.9 Å². The first kappa shape index (κ1) is 19.4. The maximum Gasteiger partial charge on any atom is 0.257 e. The summed E-state index contributed by atoms with van der Waals surface area (Å²) in [7, 11) is 0. The monoisotopic (exact) mass is 457 g/mol. The maximum absolute atomic E-state index is 13.1. The Kier molecular flexibility index (Phi) is 5.27. The molecule has 0 saturated carbocycles. The third kappa shape index (κ3) is 3.60. The Morgan fingerprint density at radius 1 is 1.21 bits per heavy atom. The van der Waals surface area contributed by atoms with E-state index in [-0.39, 0.29) is 30.8 Å². The predicted molar refractivity (Wildman–Crippen MR) is 111 cm³/mol. The smallest absolute Gasteiger partial charge is 0.257 e. The van der Waals surface area contributed by atoms with Gasteiger partial charge < -0.3 is 19.9 Å². The van der Waals surface area contributed by atoms with Crippen molar-refractivity contribution in [1.82, 2.24) is 9.80 Å². The van der Waals surface area contributed by atoms with E-state index in [2.05, 4.69) is 21.2 Å². The van der Waals surface area contributed by atoms with E-state index in [4.69, 9.17) is 4.74 Å². The number of ether oxygens (including phenoxy) is 1. The van der Waals surface area contributed by atoms with Crippen molar-refractivity contribution in [3.8, 4) is 5.75 Å². The summed E-state index contributed by atoms with van der Waals surface area (Å²) in [5, 5.41) is 2.83. The first-order valence-electron chi connectivity index (χ1n) is 9.42. The van der Waals surface area contributed by atoms with E-state index in [1.54, 1.807) is 46.2 Å². The molecule has 1 atom stereocenters. The quantitative estimate of drug-likeness (QED) is 0.768. The van der Waals surface area contributed by atoms with Crippen LogP contribution in [0.25, 0.3) is 0 Å². The molecule has 2 aliphatic heterocycles. The average Bonchev–Trinajstić information content (AvgIpc) is 2.83. The highest BCUT2D eigenvalue weighted by molar-refractivity contribution is 9.10. The predicted octanol–water partition coefficient (Wildman–Crippen LogP) is 2.77. The minimum Gasteiger partial charge on any atom is -0.493 e. The molecular weight excluding hydrogens is 438 g/mol. The molecule has 0 spiro atoms. The van der Waals surface area contributed by atoms with Gasteiger partial charge in [0.25, 0.3) is 11.8 Å². The summed E-state index contributed by atoms with van der Waals surface area (Å²) in [6.07, 6.45) is 0. The second-order valence-electron chi connectivity index (χ2n) is 6.87. The molecule has 1 unspecified atom stereocenters. The normalized spacial score (nSPS) is 18.5. The van der Waals surface area contributed by atoms with Gasteiger partial charge in [0.1, 0.15) is 11.8 Å². The van der Waals surface area contributed by atoms with E-state index in [1.165, 1.54) is 0 Å². The van der Waals surface area contributed by atoms with E-state index in [1.807, 2.05) is 13.0 Å². The molecule has 2 aromatic rings. The molecule has 7 nitrogen and oxygen atoms in total. The molecule has 4 rings (SSSR count). The summed E-state index contributed by atoms with van der Waals surface area (Å²) in [5.41, 5.74) is 1.38. The van der Waals surface area contributed by atoms with Crippen molar-refractivity contribution in [2.45, 2.75) is 13.0 Å². The first-order valence-corrected chi connectivity index (χ1v) is 10.2. The van der Waals surface area contributed by atoms with E-state index in [9.17, 15) is 14.4 Å². The zero-order chi connectivity index (χ0) is 20.5. The van der Waals surface area contributed by atoms with Gasteiger partial charge >= 0.3 is 0 Å². The molecule has 1 fully saturated rings. The number of amides is 3. The molecule has 150 valence electrons. The largest absolute Gasteiger partial charge is 0.493 e. The van der Waals surface area contributed by atoms with Gasteiger partial charge in [-0.05, 0) is 37.3 Å². The van der Waals surface area contributed by atoms with Crippen LogP contribution in [0.1, 0.15) is 27.6 Å². The zero-order valence-electron chi connectivity index (χ0n) is 15.9. The number of benzene rings is 2. The Morgan fingerprint density at radius 3 is 2.79 bits per heavy atom. The molecule has 1 N–H and O–H groups in total. The number of carbonyl (C=O) groups excluding carboxylic acids is 3. The number of carbonyl (C=O) groups is 3. The highest BCUT2D eigenvalue weighted by Crippen LogP contribution is 2.29. The van der Waals surface area contributed by atoms with Crippen molar-refractivity contribution in [3.63, 3.8) is 0 Å². The summed E-state index contributed by atoms with van der Waals surface area (Å²) in [4.78, 5) is 42.1. The number of hydrogen-bond acceptors (Lipinski definition) is 4. The van der Waals surface area contributed by atoms with Crippen LogP contribution in [0.15, 0.2) is 46.9 Å². The minimum atomic E-state index is -0.745. The number of halogens is 1. The van der Waals surface area contributed by atoms with Crippen LogP contribution in [0.5, 0.6) is 5.75 Å². The molecule has 2 heterocycles. The van der Waals surface area contributed by atoms with Crippen molar-refractivity contribution >= 4 is 39.3 Å². The Hall–Kier alpha value is -2.87. The van der Waals surface area contributed by atoms with Gasteiger partial charge in [-0.3, -0.25) is 14.4 Å². The van der Waals surface area contributed by atoms with Gasteiger partial charge in [-0.2, -0.15) is 0 Å². The number of para-hydroxylation sites is 1. The topological polar surface area (TPSA) is 79.0 Å². The summed E-state index contributed by atoms with van der Waals surface area (Å²) in [5.74, 6) is -0.207. The molecule has 0 radical (unpaired) electrons. The fraction of sp³-hybridized carbons (Fsp3) is 0.286. The van der Waals surface area contributed by atoms with Crippen LogP contribution in [0.2, 0.25) is 0 Å². The summed E-state index contributed by atoms with van der Waals surface area (Å²) >= 11 is 3.37. The second kappa shape index (κ2) is 7.87. The Labute approximate surface area is 176 Å². The highest BCUT2D eigenvalue weighted by Gasteiger charge is 2.40. The number of anilines is 1. The van der Waals surface area contributed by atoms with Crippen LogP contribution in [0.3, 0.4) is 0 Å². The van der Waals surface area contributed by atoms with E-state index in [0.29, 0.717) is 35.7 Å². The van der Waals surface area contributed by atoms with Crippen LogP contribution in [-0.4, -0.2) is 59.8 Å². The zero-order valence-corrected chi connectivity index (χ0v) is 17.4. The highest BCUT2D eigenvalue weighted by atomic mass is 79.9. The number of piperazine rings is 1. The van der Waals surface area contributed by atoms with Crippen LogP contribution in [0, 0.1) is 0 Å². The van der Waals surface area contributed by atoms with Gasteiger partial charge in [0.05, 0.1) is 30.0 Å². The number of nitrogens with one attached hydrogen (secondary N) is 1. The molecule has 29 heavy (non-hydrogen) atoms.